The lowest BCUT2D eigenvalue weighted by atomic mass is 10.0. The van der Waals surface area contributed by atoms with Crippen LogP contribution in [0.25, 0.3) is 0 Å². The standard InChI is InChI=1S/C78H149NO5/c1-3-5-7-9-11-13-15-17-19-20-21-33-36-39-43-46-50-54-58-62-66-70-76(81)75(74-80)79-77(82)71-67-63-59-55-51-47-44-40-37-34-31-29-27-25-23-22-24-26-28-30-32-35-38-41-45-49-53-57-61-65-69-73-84-78(83)72-68-64-60-56-52-48-42-18-16-14-12-10-8-6-4-2/h18,24,26,30,32,42,75-76,80-81H,3-17,19-23,25,27-29,31,33-41,43-74H2,1-2H3,(H,79,82)/b26-24-,32-30-,42-18-. The van der Waals surface area contributed by atoms with E-state index in [4.69, 9.17) is 4.74 Å². The molecule has 1 amide bonds. The van der Waals surface area contributed by atoms with Crippen molar-refractivity contribution in [2.75, 3.05) is 13.2 Å². The molecule has 0 aromatic heterocycles. The number of aliphatic hydroxyl groups is 2. The molecule has 3 N–H and O–H groups in total. The van der Waals surface area contributed by atoms with Crippen LogP contribution in [0.3, 0.4) is 0 Å². The second kappa shape index (κ2) is 73.5. The molecule has 0 aromatic rings. The minimum Gasteiger partial charge on any atom is -0.466 e. The number of nitrogens with one attached hydrogen (secondary N) is 1. The largest absolute Gasteiger partial charge is 0.466 e. The molecule has 2 unspecified atom stereocenters. The summed E-state index contributed by atoms with van der Waals surface area (Å²) in [6.07, 6.45) is 95.0. The van der Waals surface area contributed by atoms with Gasteiger partial charge in [-0.25, -0.2) is 0 Å². The zero-order valence-corrected chi connectivity index (χ0v) is 56.9. The van der Waals surface area contributed by atoms with E-state index in [1.807, 2.05) is 0 Å². The highest BCUT2D eigenvalue weighted by Gasteiger charge is 2.20. The van der Waals surface area contributed by atoms with Crippen LogP contribution in [0.5, 0.6) is 0 Å². The Hall–Kier alpha value is -1.92. The monoisotopic (exact) mass is 1180 g/mol. The van der Waals surface area contributed by atoms with Gasteiger partial charge in [0.2, 0.25) is 5.91 Å². The number of carbonyl (C=O) groups excluding carboxylic acids is 2. The van der Waals surface area contributed by atoms with Crippen molar-refractivity contribution in [3.05, 3.63) is 36.5 Å². The van der Waals surface area contributed by atoms with Crippen LogP contribution in [0.4, 0.5) is 0 Å². The van der Waals surface area contributed by atoms with Crippen LogP contribution in [0.1, 0.15) is 425 Å². The van der Waals surface area contributed by atoms with Gasteiger partial charge in [0.1, 0.15) is 0 Å². The molecule has 0 saturated heterocycles. The fraction of sp³-hybridized carbons (Fsp3) is 0.897. The van der Waals surface area contributed by atoms with Gasteiger partial charge in [-0.05, 0) is 83.5 Å². The molecule has 0 fully saturated rings. The number of rotatable bonds is 72. The molecule has 6 heteroatoms. The second-order valence-corrected chi connectivity index (χ2v) is 26.3. The van der Waals surface area contributed by atoms with E-state index in [2.05, 4.69) is 55.6 Å². The number of amides is 1. The number of hydrogen-bond donors (Lipinski definition) is 3. The Morgan fingerprint density at radius 3 is 0.917 bits per heavy atom. The Kier molecular flexibility index (Phi) is 71.9. The first-order valence-electron chi connectivity index (χ1n) is 38.2. The van der Waals surface area contributed by atoms with Gasteiger partial charge in [0.05, 0.1) is 25.4 Å². The molecular weight excluding hydrogens is 1030 g/mol. The van der Waals surface area contributed by atoms with E-state index in [0.29, 0.717) is 25.9 Å². The molecule has 0 radical (unpaired) electrons. The fourth-order valence-corrected chi connectivity index (χ4v) is 12.1. The van der Waals surface area contributed by atoms with Crippen molar-refractivity contribution in [1.29, 1.82) is 0 Å². The van der Waals surface area contributed by atoms with E-state index < -0.39 is 12.1 Å². The molecule has 0 spiro atoms. The first kappa shape index (κ1) is 82.1. The van der Waals surface area contributed by atoms with Gasteiger partial charge in [0.25, 0.3) is 0 Å². The first-order valence-corrected chi connectivity index (χ1v) is 38.2. The van der Waals surface area contributed by atoms with Gasteiger partial charge >= 0.3 is 5.97 Å². The van der Waals surface area contributed by atoms with E-state index in [1.54, 1.807) is 0 Å². The van der Waals surface area contributed by atoms with Gasteiger partial charge in [0.15, 0.2) is 0 Å². The van der Waals surface area contributed by atoms with Crippen LogP contribution < -0.4 is 5.32 Å². The van der Waals surface area contributed by atoms with Crippen molar-refractivity contribution in [3.8, 4) is 0 Å². The summed E-state index contributed by atoms with van der Waals surface area (Å²) in [5.41, 5.74) is 0. The first-order chi connectivity index (χ1) is 41.5. The van der Waals surface area contributed by atoms with E-state index in [1.165, 1.54) is 340 Å². The number of carbonyl (C=O) groups is 2. The van der Waals surface area contributed by atoms with Crippen LogP contribution in [0.15, 0.2) is 36.5 Å². The van der Waals surface area contributed by atoms with Crippen LogP contribution in [-0.4, -0.2) is 47.4 Å². The smallest absolute Gasteiger partial charge is 0.305 e. The molecule has 0 saturated carbocycles. The summed E-state index contributed by atoms with van der Waals surface area (Å²) >= 11 is 0. The predicted molar refractivity (Wildman–Crippen MR) is 370 cm³/mol. The van der Waals surface area contributed by atoms with Gasteiger partial charge in [-0.1, -0.05) is 365 Å². The molecule has 0 aromatic carbocycles. The number of aliphatic hydroxyl groups excluding tert-OH is 2. The van der Waals surface area contributed by atoms with Crippen molar-refractivity contribution < 1.29 is 24.5 Å². The lowest BCUT2D eigenvalue weighted by Gasteiger charge is -2.22. The van der Waals surface area contributed by atoms with E-state index in [-0.39, 0.29) is 18.5 Å². The molecule has 0 aliphatic heterocycles. The molecule has 84 heavy (non-hydrogen) atoms. The molecule has 0 aliphatic rings. The van der Waals surface area contributed by atoms with Gasteiger partial charge in [-0.2, -0.15) is 0 Å². The minimum atomic E-state index is -0.665. The van der Waals surface area contributed by atoms with E-state index in [0.717, 1.165) is 51.4 Å². The SMILES string of the molecule is CCCCCCCC/C=C\CCCCCCCC(=O)OCCCCCCCCCCC/C=C\C/C=C\CCCCCCCCCCCCCCCCCC(=O)NC(CO)C(O)CCCCCCCCCCCCCCCCCCCCCCC. The minimum absolute atomic E-state index is 0.00591. The average Bonchev–Trinajstić information content (AvgIpc) is 3.51. The van der Waals surface area contributed by atoms with E-state index in [9.17, 15) is 19.8 Å². The Morgan fingerprint density at radius 2 is 0.595 bits per heavy atom. The van der Waals surface area contributed by atoms with Crippen LogP contribution in [0.2, 0.25) is 0 Å². The Morgan fingerprint density at radius 1 is 0.333 bits per heavy atom. The normalized spacial score (nSPS) is 12.7. The summed E-state index contributed by atoms with van der Waals surface area (Å²) in [5, 5.41) is 23.4. The lowest BCUT2D eigenvalue weighted by molar-refractivity contribution is -0.143. The molecular formula is C78H149NO5. The summed E-state index contributed by atoms with van der Waals surface area (Å²) in [5.74, 6) is -0.0239. The molecule has 2 atom stereocenters. The zero-order valence-electron chi connectivity index (χ0n) is 56.9. The Bertz CT molecular complexity index is 1360. The molecule has 6 nitrogen and oxygen atoms in total. The molecule has 496 valence electrons. The molecule has 0 aliphatic carbocycles. The number of ether oxygens (including phenoxy) is 1. The summed E-state index contributed by atoms with van der Waals surface area (Å²) in [6.45, 7) is 4.98. The van der Waals surface area contributed by atoms with E-state index >= 15 is 0 Å². The summed E-state index contributed by atoms with van der Waals surface area (Å²) in [6, 6.07) is -0.542. The molecule has 0 bridgehead atoms. The van der Waals surface area contributed by atoms with Crippen molar-refractivity contribution in [2.45, 2.75) is 437 Å². The maximum absolute atomic E-state index is 12.6. The topological polar surface area (TPSA) is 95.9 Å². The van der Waals surface area contributed by atoms with Crippen molar-refractivity contribution in [3.63, 3.8) is 0 Å². The van der Waals surface area contributed by atoms with Gasteiger partial charge in [-0.3, -0.25) is 9.59 Å². The third-order valence-corrected chi connectivity index (χ3v) is 17.9. The molecule has 0 rings (SSSR count). The maximum atomic E-state index is 12.6. The quantitative estimate of drug-likeness (QED) is 0.0320. The van der Waals surface area contributed by atoms with Crippen molar-refractivity contribution in [1.82, 2.24) is 5.32 Å². The average molecular weight is 1180 g/mol. The number of allylic oxidation sites excluding steroid dienone is 6. The summed E-state index contributed by atoms with van der Waals surface area (Å²) < 4.78 is 5.49. The third kappa shape index (κ3) is 69.2. The molecule has 0 heterocycles. The lowest BCUT2D eigenvalue weighted by Crippen LogP contribution is -2.45. The van der Waals surface area contributed by atoms with Crippen LogP contribution in [-0.2, 0) is 14.3 Å². The maximum Gasteiger partial charge on any atom is 0.305 e. The van der Waals surface area contributed by atoms with Gasteiger partial charge in [0, 0.05) is 12.8 Å². The van der Waals surface area contributed by atoms with Crippen LogP contribution in [0, 0.1) is 0 Å². The van der Waals surface area contributed by atoms with Gasteiger partial charge in [-0.15, -0.1) is 0 Å². The van der Waals surface area contributed by atoms with Crippen molar-refractivity contribution >= 4 is 11.9 Å². The number of esters is 1. The summed E-state index contributed by atoms with van der Waals surface area (Å²) in [7, 11) is 0. The predicted octanol–water partition coefficient (Wildman–Crippen LogP) is 25.0. The highest BCUT2D eigenvalue weighted by molar-refractivity contribution is 5.76. The van der Waals surface area contributed by atoms with Crippen LogP contribution >= 0.6 is 0 Å². The third-order valence-electron chi connectivity index (χ3n) is 17.9. The Balaban J connectivity index is 3.39. The zero-order chi connectivity index (χ0) is 60.6. The highest BCUT2D eigenvalue weighted by Crippen LogP contribution is 2.19. The number of unbranched alkanes of at least 4 members (excludes halogenated alkanes) is 55. The van der Waals surface area contributed by atoms with Crippen molar-refractivity contribution in [2.24, 2.45) is 0 Å². The van der Waals surface area contributed by atoms with Gasteiger partial charge < -0.3 is 20.3 Å². The Labute approximate surface area is 525 Å². The second-order valence-electron chi connectivity index (χ2n) is 26.3. The highest BCUT2D eigenvalue weighted by atomic mass is 16.5. The fourth-order valence-electron chi connectivity index (χ4n) is 12.1. The summed E-state index contributed by atoms with van der Waals surface area (Å²) in [4.78, 5) is 24.6. The number of hydrogen-bond acceptors (Lipinski definition) is 5.